The summed E-state index contributed by atoms with van der Waals surface area (Å²) in [5.74, 6) is 2.76. The first kappa shape index (κ1) is 13.8. The van der Waals surface area contributed by atoms with Crippen molar-refractivity contribution in [3.63, 3.8) is 0 Å². The molecule has 1 saturated carbocycles. The molecule has 2 aromatic rings. The quantitative estimate of drug-likeness (QED) is 0.946. The van der Waals surface area contributed by atoms with Gasteiger partial charge in [-0.25, -0.2) is 4.98 Å². The van der Waals surface area contributed by atoms with Crippen molar-refractivity contribution in [1.29, 1.82) is 0 Å². The molecule has 1 saturated heterocycles. The average molecular weight is 297 g/mol. The lowest BCUT2D eigenvalue weighted by Crippen LogP contribution is -2.29. The van der Waals surface area contributed by atoms with Gasteiger partial charge in [-0.05, 0) is 36.8 Å². The summed E-state index contributed by atoms with van der Waals surface area (Å²) in [5.41, 5.74) is 2.04. The number of para-hydroxylation sites is 2. The number of carbonyl (C=O) groups excluding carboxylic acids is 1. The third kappa shape index (κ3) is 2.62. The molecule has 1 aromatic carbocycles. The van der Waals surface area contributed by atoms with E-state index in [1.807, 2.05) is 24.3 Å². The summed E-state index contributed by atoms with van der Waals surface area (Å²) in [4.78, 5) is 22.4. The van der Waals surface area contributed by atoms with E-state index in [1.165, 1.54) is 25.7 Å². The predicted molar refractivity (Wildman–Crippen MR) is 86.4 cm³/mol. The third-order valence-electron chi connectivity index (χ3n) is 5.34. The van der Waals surface area contributed by atoms with E-state index >= 15 is 0 Å². The molecule has 2 heterocycles. The van der Waals surface area contributed by atoms with Gasteiger partial charge in [0.2, 0.25) is 5.91 Å². The number of carbonyl (C=O) groups is 1. The summed E-state index contributed by atoms with van der Waals surface area (Å²) in [7, 11) is 0. The Morgan fingerprint density at radius 2 is 1.91 bits per heavy atom. The highest BCUT2D eigenvalue weighted by Crippen LogP contribution is 2.36. The lowest BCUT2D eigenvalue weighted by molar-refractivity contribution is -0.130. The number of fused-ring (bicyclic) bond motifs is 2. The molecule has 2 atom stereocenters. The number of benzene rings is 1. The summed E-state index contributed by atoms with van der Waals surface area (Å²) < 4.78 is 0. The van der Waals surface area contributed by atoms with Gasteiger partial charge >= 0.3 is 0 Å². The summed E-state index contributed by atoms with van der Waals surface area (Å²) in [6.45, 7) is 1.98. The van der Waals surface area contributed by atoms with Crippen LogP contribution in [0.3, 0.4) is 0 Å². The zero-order chi connectivity index (χ0) is 14.9. The van der Waals surface area contributed by atoms with E-state index in [4.69, 9.17) is 0 Å². The van der Waals surface area contributed by atoms with E-state index in [0.29, 0.717) is 18.7 Å². The number of rotatable bonds is 3. The summed E-state index contributed by atoms with van der Waals surface area (Å²) >= 11 is 0. The number of likely N-dealkylation sites (tertiary alicyclic amines) is 1. The highest BCUT2D eigenvalue weighted by Gasteiger charge is 2.36. The van der Waals surface area contributed by atoms with Gasteiger partial charge in [0.05, 0.1) is 11.0 Å². The van der Waals surface area contributed by atoms with Crippen molar-refractivity contribution < 1.29 is 4.79 Å². The maximum Gasteiger partial charge on any atom is 0.223 e. The highest BCUT2D eigenvalue weighted by molar-refractivity contribution is 5.77. The van der Waals surface area contributed by atoms with E-state index in [2.05, 4.69) is 14.9 Å². The van der Waals surface area contributed by atoms with Crippen LogP contribution in [-0.4, -0.2) is 33.9 Å². The molecule has 4 rings (SSSR count). The minimum Gasteiger partial charge on any atom is -0.342 e. The molecular formula is C18H23N3O. The van der Waals surface area contributed by atoms with Gasteiger partial charge in [-0.15, -0.1) is 0 Å². The second-order valence-corrected chi connectivity index (χ2v) is 6.80. The van der Waals surface area contributed by atoms with Crippen LogP contribution in [0.5, 0.6) is 0 Å². The van der Waals surface area contributed by atoms with Crippen LogP contribution in [-0.2, 0) is 11.2 Å². The van der Waals surface area contributed by atoms with Crippen LogP contribution in [0.15, 0.2) is 24.3 Å². The Kier molecular flexibility index (Phi) is 3.60. The molecule has 22 heavy (non-hydrogen) atoms. The molecule has 4 nitrogen and oxygen atoms in total. The molecule has 1 aliphatic carbocycles. The number of nitrogens with one attached hydrogen (secondary N) is 1. The summed E-state index contributed by atoms with van der Waals surface area (Å²) in [5, 5.41) is 0. The van der Waals surface area contributed by atoms with Gasteiger partial charge in [-0.1, -0.05) is 25.0 Å². The molecule has 2 unspecified atom stereocenters. The Hall–Kier alpha value is -1.84. The zero-order valence-corrected chi connectivity index (χ0v) is 12.9. The van der Waals surface area contributed by atoms with Crippen LogP contribution < -0.4 is 0 Å². The first-order valence-electron chi connectivity index (χ1n) is 8.51. The minimum atomic E-state index is 0.301. The maximum atomic E-state index is 12.5. The molecule has 1 N–H and O–H groups in total. The van der Waals surface area contributed by atoms with Crippen LogP contribution in [0.25, 0.3) is 11.0 Å². The van der Waals surface area contributed by atoms with Crippen LogP contribution in [0.4, 0.5) is 0 Å². The number of aromatic amines is 1. The van der Waals surface area contributed by atoms with Crippen molar-refractivity contribution in [2.24, 2.45) is 11.8 Å². The number of nitrogens with zero attached hydrogens (tertiary/aromatic N) is 2. The zero-order valence-electron chi connectivity index (χ0n) is 12.9. The number of H-pyrrole nitrogens is 1. The number of hydrogen-bond acceptors (Lipinski definition) is 2. The summed E-state index contributed by atoms with van der Waals surface area (Å²) in [6, 6.07) is 8.02. The Morgan fingerprint density at radius 1 is 1.18 bits per heavy atom. The molecule has 1 aromatic heterocycles. The first-order chi connectivity index (χ1) is 10.8. The molecular weight excluding hydrogens is 274 g/mol. The van der Waals surface area contributed by atoms with Gasteiger partial charge in [-0.2, -0.15) is 0 Å². The number of aryl methyl sites for hydroxylation is 1. The van der Waals surface area contributed by atoms with Crippen molar-refractivity contribution in [2.45, 2.75) is 38.5 Å². The fraction of sp³-hybridized carbons (Fsp3) is 0.556. The number of imidazole rings is 1. The fourth-order valence-electron chi connectivity index (χ4n) is 4.12. The third-order valence-corrected chi connectivity index (χ3v) is 5.34. The van der Waals surface area contributed by atoms with Gasteiger partial charge in [0.25, 0.3) is 0 Å². The van der Waals surface area contributed by atoms with Gasteiger partial charge < -0.3 is 9.88 Å². The van der Waals surface area contributed by atoms with Gasteiger partial charge in [0, 0.05) is 25.9 Å². The predicted octanol–water partition coefficient (Wildman–Crippen LogP) is 3.14. The SMILES string of the molecule is O=C(CCc1nc2ccccc2[nH]1)N1CC2CCCCC2C1. The number of aromatic nitrogens is 2. The highest BCUT2D eigenvalue weighted by atomic mass is 16.2. The Labute approximate surface area is 130 Å². The Balaban J connectivity index is 1.36. The fourth-order valence-corrected chi connectivity index (χ4v) is 4.12. The molecule has 0 radical (unpaired) electrons. The second kappa shape index (κ2) is 5.75. The average Bonchev–Trinajstić information content (AvgIpc) is 3.15. The minimum absolute atomic E-state index is 0.301. The van der Waals surface area contributed by atoms with E-state index in [0.717, 1.165) is 41.8 Å². The maximum absolute atomic E-state index is 12.5. The molecule has 0 bridgehead atoms. The molecule has 0 spiro atoms. The van der Waals surface area contributed by atoms with Crippen molar-refractivity contribution in [1.82, 2.24) is 14.9 Å². The van der Waals surface area contributed by atoms with Gasteiger partial charge in [0.15, 0.2) is 0 Å². The Morgan fingerprint density at radius 3 is 2.64 bits per heavy atom. The van der Waals surface area contributed by atoms with E-state index in [-0.39, 0.29) is 0 Å². The molecule has 1 aliphatic heterocycles. The van der Waals surface area contributed by atoms with E-state index in [1.54, 1.807) is 0 Å². The molecule has 2 aliphatic rings. The number of hydrogen-bond donors (Lipinski definition) is 1. The van der Waals surface area contributed by atoms with Gasteiger partial charge in [-0.3, -0.25) is 4.79 Å². The normalized spacial score (nSPS) is 24.6. The van der Waals surface area contributed by atoms with Crippen molar-refractivity contribution >= 4 is 16.9 Å². The van der Waals surface area contributed by atoms with Crippen LogP contribution in [0.1, 0.15) is 37.9 Å². The van der Waals surface area contributed by atoms with Gasteiger partial charge in [0.1, 0.15) is 5.82 Å². The molecule has 116 valence electrons. The van der Waals surface area contributed by atoms with Crippen molar-refractivity contribution in [2.75, 3.05) is 13.1 Å². The number of amides is 1. The Bertz CT molecular complexity index is 631. The van der Waals surface area contributed by atoms with Crippen molar-refractivity contribution in [3.05, 3.63) is 30.1 Å². The van der Waals surface area contributed by atoms with Crippen LogP contribution in [0.2, 0.25) is 0 Å². The molecule has 4 heteroatoms. The van der Waals surface area contributed by atoms with E-state index in [9.17, 15) is 4.79 Å². The van der Waals surface area contributed by atoms with Crippen LogP contribution in [0, 0.1) is 11.8 Å². The topological polar surface area (TPSA) is 49.0 Å². The largest absolute Gasteiger partial charge is 0.342 e. The first-order valence-corrected chi connectivity index (χ1v) is 8.51. The van der Waals surface area contributed by atoms with Crippen molar-refractivity contribution in [3.8, 4) is 0 Å². The molecule has 2 fully saturated rings. The van der Waals surface area contributed by atoms with E-state index < -0.39 is 0 Å². The van der Waals surface area contributed by atoms with Crippen LogP contribution >= 0.6 is 0 Å². The monoisotopic (exact) mass is 297 g/mol. The molecule has 1 amide bonds. The standard InChI is InChI=1S/C18H23N3O/c22-18(21-11-13-5-1-2-6-14(13)12-21)10-9-17-19-15-7-3-4-8-16(15)20-17/h3-4,7-8,13-14H,1-2,5-6,9-12H2,(H,19,20). The smallest absolute Gasteiger partial charge is 0.223 e. The lowest BCUT2D eigenvalue weighted by Gasteiger charge is -2.22. The lowest BCUT2D eigenvalue weighted by atomic mass is 9.82. The summed E-state index contributed by atoms with van der Waals surface area (Å²) in [6.07, 6.45) is 6.61. The second-order valence-electron chi connectivity index (χ2n) is 6.80.